The first kappa shape index (κ1) is 9.92. The van der Waals surface area contributed by atoms with Crippen molar-refractivity contribution in [3.8, 4) is 11.4 Å². The monoisotopic (exact) mass is 320 g/mol. The fourth-order valence-corrected chi connectivity index (χ4v) is 2.19. The highest BCUT2D eigenvalue weighted by atomic mass is 127. The van der Waals surface area contributed by atoms with Crippen LogP contribution in [0.25, 0.3) is 11.4 Å². The third-order valence-electron chi connectivity index (χ3n) is 1.65. The van der Waals surface area contributed by atoms with Crippen molar-refractivity contribution >= 4 is 34.2 Å². The Bertz CT molecular complexity index is 449. The van der Waals surface area contributed by atoms with E-state index < -0.39 is 0 Å². The van der Waals surface area contributed by atoms with E-state index in [0.717, 1.165) is 9.13 Å². The third kappa shape index (κ3) is 2.06. The van der Waals surface area contributed by atoms with Gasteiger partial charge in [0, 0.05) is 21.1 Å². The number of hydrogen-bond donors (Lipinski definition) is 0. The summed E-state index contributed by atoms with van der Waals surface area (Å²) in [6.45, 7) is 1.76. The van der Waals surface area contributed by atoms with Gasteiger partial charge in [0.1, 0.15) is 0 Å². The molecule has 0 atom stereocenters. The van der Waals surface area contributed by atoms with Crippen LogP contribution in [0.4, 0.5) is 0 Å². The van der Waals surface area contributed by atoms with Gasteiger partial charge in [-0.05, 0) is 40.8 Å². The normalized spacial score (nSPS) is 10.5. The molecule has 0 unspecified atom stereocenters. The van der Waals surface area contributed by atoms with Gasteiger partial charge in [0.2, 0.25) is 11.7 Å². The van der Waals surface area contributed by atoms with Crippen molar-refractivity contribution in [2.75, 3.05) is 0 Å². The predicted octanol–water partition coefficient (Wildman–Crippen LogP) is 3.30. The molecule has 0 amide bonds. The quantitative estimate of drug-likeness (QED) is 0.757. The molecule has 0 saturated carbocycles. The summed E-state index contributed by atoms with van der Waals surface area (Å²) in [6, 6.07) is 5.64. The molecule has 5 heteroatoms. The van der Waals surface area contributed by atoms with Crippen LogP contribution in [0.5, 0.6) is 0 Å². The summed E-state index contributed by atoms with van der Waals surface area (Å²) in [5.74, 6) is 1.12. The summed E-state index contributed by atoms with van der Waals surface area (Å²) >= 11 is 8.11. The van der Waals surface area contributed by atoms with E-state index in [1.54, 1.807) is 6.92 Å². The van der Waals surface area contributed by atoms with Crippen molar-refractivity contribution in [3.05, 3.63) is 32.7 Å². The number of halogens is 2. The lowest BCUT2D eigenvalue weighted by atomic mass is 10.2. The average molecular weight is 321 g/mol. The molecular formula is C9H6ClIN2O. The summed E-state index contributed by atoms with van der Waals surface area (Å²) in [5, 5.41) is 4.50. The minimum Gasteiger partial charge on any atom is -0.339 e. The van der Waals surface area contributed by atoms with Crippen molar-refractivity contribution < 1.29 is 4.52 Å². The molecule has 0 saturated heterocycles. The average Bonchev–Trinajstić information content (AvgIpc) is 2.50. The largest absolute Gasteiger partial charge is 0.339 e. The molecular weight excluding hydrogens is 314 g/mol. The molecule has 0 aliphatic rings. The van der Waals surface area contributed by atoms with Crippen LogP contribution < -0.4 is 0 Å². The summed E-state index contributed by atoms with van der Waals surface area (Å²) < 4.78 is 5.94. The van der Waals surface area contributed by atoms with E-state index >= 15 is 0 Å². The fraction of sp³-hybridized carbons (Fsp3) is 0.111. The fourth-order valence-electron chi connectivity index (χ4n) is 1.10. The van der Waals surface area contributed by atoms with Crippen LogP contribution in [-0.2, 0) is 0 Å². The standard InChI is InChI=1S/C9H6ClIN2O/c1-5-12-9(13-14-5)6-2-7(10)4-8(11)3-6/h2-4H,1H3. The van der Waals surface area contributed by atoms with Gasteiger partial charge < -0.3 is 4.52 Å². The maximum atomic E-state index is 5.92. The Labute approximate surface area is 99.6 Å². The van der Waals surface area contributed by atoms with Gasteiger partial charge in [-0.1, -0.05) is 16.8 Å². The van der Waals surface area contributed by atoms with Crippen LogP contribution in [0.1, 0.15) is 5.89 Å². The number of nitrogens with zero attached hydrogens (tertiary/aromatic N) is 2. The molecule has 0 radical (unpaired) electrons. The summed E-state index contributed by atoms with van der Waals surface area (Å²) in [4.78, 5) is 4.12. The van der Waals surface area contributed by atoms with Crippen molar-refractivity contribution in [2.24, 2.45) is 0 Å². The van der Waals surface area contributed by atoms with Crippen molar-refractivity contribution in [1.82, 2.24) is 10.1 Å². The molecule has 0 spiro atoms. The highest BCUT2D eigenvalue weighted by Gasteiger charge is 2.06. The number of benzene rings is 1. The minimum atomic E-state index is 0.551. The molecule has 3 nitrogen and oxygen atoms in total. The molecule has 0 fully saturated rings. The predicted molar refractivity (Wildman–Crippen MR) is 62.2 cm³/mol. The number of hydrogen-bond acceptors (Lipinski definition) is 3. The second kappa shape index (κ2) is 3.86. The van der Waals surface area contributed by atoms with Gasteiger partial charge in [0.15, 0.2) is 0 Å². The molecule has 2 aromatic rings. The topological polar surface area (TPSA) is 38.9 Å². The van der Waals surface area contributed by atoms with Crippen molar-refractivity contribution in [1.29, 1.82) is 0 Å². The zero-order valence-corrected chi connectivity index (χ0v) is 10.2. The molecule has 0 aliphatic carbocycles. The molecule has 1 aromatic heterocycles. The highest BCUT2D eigenvalue weighted by Crippen LogP contribution is 2.23. The molecule has 2 rings (SSSR count). The van der Waals surface area contributed by atoms with E-state index in [4.69, 9.17) is 16.1 Å². The molecule has 0 N–H and O–H groups in total. The first-order valence-electron chi connectivity index (χ1n) is 3.92. The summed E-state index contributed by atoms with van der Waals surface area (Å²) in [7, 11) is 0. The van der Waals surface area contributed by atoms with Gasteiger partial charge >= 0.3 is 0 Å². The lowest BCUT2D eigenvalue weighted by molar-refractivity contribution is 0.394. The Balaban J connectivity index is 2.51. The SMILES string of the molecule is Cc1nc(-c2cc(Cl)cc(I)c2)no1. The van der Waals surface area contributed by atoms with E-state index in [9.17, 15) is 0 Å². The van der Waals surface area contributed by atoms with Gasteiger partial charge in [0.05, 0.1) is 0 Å². The Morgan fingerprint density at radius 2 is 2.14 bits per heavy atom. The molecule has 72 valence electrons. The van der Waals surface area contributed by atoms with E-state index in [1.807, 2.05) is 18.2 Å². The van der Waals surface area contributed by atoms with Crippen molar-refractivity contribution in [2.45, 2.75) is 6.92 Å². The number of aryl methyl sites for hydroxylation is 1. The van der Waals surface area contributed by atoms with Crippen LogP contribution in [0, 0.1) is 10.5 Å². The Kier molecular flexibility index (Phi) is 2.73. The maximum Gasteiger partial charge on any atom is 0.223 e. The van der Waals surface area contributed by atoms with Crippen LogP contribution in [0.15, 0.2) is 22.7 Å². The first-order chi connectivity index (χ1) is 6.65. The smallest absolute Gasteiger partial charge is 0.223 e. The third-order valence-corrected chi connectivity index (χ3v) is 2.49. The minimum absolute atomic E-state index is 0.551. The molecule has 14 heavy (non-hydrogen) atoms. The van der Waals surface area contributed by atoms with Gasteiger partial charge in [0.25, 0.3) is 0 Å². The van der Waals surface area contributed by atoms with E-state index in [2.05, 4.69) is 32.7 Å². The lowest BCUT2D eigenvalue weighted by Gasteiger charge is -1.97. The number of aromatic nitrogens is 2. The van der Waals surface area contributed by atoms with Gasteiger partial charge in [-0.15, -0.1) is 0 Å². The van der Waals surface area contributed by atoms with E-state index in [1.165, 1.54) is 0 Å². The summed E-state index contributed by atoms with van der Waals surface area (Å²) in [5.41, 5.74) is 0.874. The van der Waals surface area contributed by atoms with Crippen LogP contribution in [0.2, 0.25) is 5.02 Å². The van der Waals surface area contributed by atoms with Crippen LogP contribution in [0.3, 0.4) is 0 Å². The Morgan fingerprint density at radius 3 is 2.71 bits per heavy atom. The van der Waals surface area contributed by atoms with Crippen LogP contribution in [-0.4, -0.2) is 10.1 Å². The zero-order valence-electron chi connectivity index (χ0n) is 7.29. The highest BCUT2D eigenvalue weighted by molar-refractivity contribution is 14.1. The van der Waals surface area contributed by atoms with Gasteiger partial charge in [-0.2, -0.15) is 4.98 Å². The van der Waals surface area contributed by atoms with E-state index in [0.29, 0.717) is 16.7 Å². The Hall–Kier alpha value is -0.620. The maximum absolute atomic E-state index is 5.92. The number of rotatable bonds is 1. The van der Waals surface area contributed by atoms with Crippen LogP contribution >= 0.6 is 34.2 Å². The first-order valence-corrected chi connectivity index (χ1v) is 5.37. The second-order valence-electron chi connectivity index (χ2n) is 2.80. The summed E-state index contributed by atoms with van der Waals surface area (Å²) in [6.07, 6.45) is 0. The molecule has 1 aromatic carbocycles. The molecule has 0 bridgehead atoms. The van der Waals surface area contributed by atoms with Gasteiger partial charge in [-0.3, -0.25) is 0 Å². The molecule has 0 aliphatic heterocycles. The zero-order chi connectivity index (χ0) is 10.1. The Morgan fingerprint density at radius 1 is 1.36 bits per heavy atom. The second-order valence-corrected chi connectivity index (χ2v) is 4.48. The molecule has 1 heterocycles. The lowest BCUT2D eigenvalue weighted by Crippen LogP contribution is -1.82. The van der Waals surface area contributed by atoms with Crippen molar-refractivity contribution in [3.63, 3.8) is 0 Å². The van der Waals surface area contributed by atoms with E-state index in [-0.39, 0.29) is 0 Å². The van der Waals surface area contributed by atoms with Gasteiger partial charge in [-0.25, -0.2) is 0 Å².